The van der Waals surface area contributed by atoms with Crippen LogP contribution in [0.1, 0.15) is 61.0 Å². The fourth-order valence-corrected chi connectivity index (χ4v) is 2.25. The number of nitrogens with one attached hydrogen (secondary N) is 1. The smallest absolute Gasteiger partial charge is 0.330 e. The molecule has 184 valence electrons. The number of hydrogen-bond donors (Lipinski definition) is 2. The molecule has 0 aromatic heterocycles. The van der Waals surface area contributed by atoms with Gasteiger partial charge in [0, 0.05) is 13.3 Å². The van der Waals surface area contributed by atoms with Crippen LogP contribution in [0.15, 0.2) is 18.2 Å². The van der Waals surface area contributed by atoms with Gasteiger partial charge in [-0.05, 0) is 66.2 Å². The first-order chi connectivity index (χ1) is 15.0. The van der Waals surface area contributed by atoms with E-state index in [4.69, 9.17) is 20.1 Å². The summed E-state index contributed by atoms with van der Waals surface area (Å²) in [5.74, 6) is 3.28. The number of carbonyl (C=O) groups excluding carboxylic acids is 4. The lowest BCUT2D eigenvalue weighted by Gasteiger charge is -2.27. The van der Waals surface area contributed by atoms with Crippen molar-refractivity contribution in [1.82, 2.24) is 5.43 Å². The average molecular weight is 467 g/mol. The van der Waals surface area contributed by atoms with Gasteiger partial charge >= 0.3 is 23.9 Å². The maximum Gasteiger partial charge on any atom is 0.330 e. The molecule has 0 saturated carbocycles. The van der Waals surface area contributed by atoms with Gasteiger partial charge in [-0.3, -0.25) is 20.2 Å². The Kier molecular flexibility index (Phi) is 9.15. The molecule has 0 unspecified atom stereocenters. The number of benzene rings is 1. The van der Waals surface area contributed by atoms with Gasteiger partial charge in [0.15, 0.2) is 11.5 Å². The molecule has 10 heteroatoms. The van der Waals surface area contributed by atoms with Crippen molar-refractivity contribution >= 4 is 23.9 Å². The quantitative estimate of drug-likeness (QED) is 0.193. The van der Waals surface area contributed by atoms with E-state index in [9.17, 15) is 19.2 Å². The van der Waals surface area contributed by atoms with Crippen LogP contribution in [-0.4, -0.2) is 36.2 Å². The molecule has 0 fully saturated rings. The highest BCUT2D eigenvalue weighted by atomic mass is 16.7. The van der Waals surface area contributed by atoms with E-state index in [0.29, 0.717) is 5.56 Å². The zero-order valence-corrected chi connectivity index (χ0v) is 20.5. The Hall–Kier alpha value is -2.98. The lowest BCUT2D eigenvalue weighted by Crippen LogP contribution is -2.55. The van der Waals surface area contributed by atoms with Crippen molar-refractivity contribution < 1.29 is 38.1 Å². The Labute approximate surface area is 194 Å². The number of esters is 4. The molecule has 0 saturated heterocycles. The summed E-state index contributed by atoms with van der Waals surface area (Å²) in [5, 5.41) is 0. The van der Waals surface area contributed by atoms with Gasteiger partial charge in [-0.2, -0.15) is 0 Å². The first-order valence-electron chi connectivity index (χ1n) is 10.4. The Bertz CT molecular complexity index is 899. The van der Waals surface area contributed by atoms with E-state index < -0.39 is 47.0 Å². The zero-order chi connectivity index (χ0) is 25.6. The van der Waals surface area contributed by atoms with Gasteiger partial charge in [0.05, 0.1) is 10.8 Å². The van der Waals surface area contributed by atoms with Crippen LogP contribution in [0.5, 0.6) is 11.5 Å². The molecule has 10 nitrogen and oxygen atoms in total. The van der Waals surface area contributed by atoms with Gasteiger partial charge < -0.3 is 18.9 Å². The van der Waals surface area contributed by atoms with E-state index in [2.05, 4.69) is 10.2 Å². The summed E-state index contributed by atoms with van der Waals surface area (Å²) >= 11 is 0. The highest BCUT2D eigenvalue weighted by molar-refractivity contribution is 5.82. The first kappa shape index (κ1) is 28.1. The van der Waals surface area contributed by atoms with Crippen molar-refractivity contribution in [2.24, 2.45) is 16.7 Å². The standard InChI is InChI=1S/C23H34N2O8/c1-14(26)30-13-31-20(29)23(8,25-24)12-15-9-10-16(32-18(27)21(2,3)4)17(11-15)33-19(28)22(5,6)7/h9-11,25H,12-13,24H2,1-8H3/t23-/m0/s1. The Morgan fingerprint density at radius 2 is 1.33 bits per heavy atom. The van der Waals surface area contributed by atoms with Gasteiger partial charge in [-0.1, -0.05) is 6.07 Å². The van der Waals surface area contributed by atoms with E-state index in [1.54, 1.807) is 47.6 Å². The molecular weight excluding hydrogens is 432 g/mol. The minimum absolute atomic E-state index is 0.0238. The predicted octanol–water partition coefficient (Wildman–Crippen LogP) is 2.42. The second-order valence-corrected chi connectivity index (χ2v) is 9.90. The maximum atomic E-state index is 12.5. The lowest BCUT2D eigenvalue weighted by atomic mass is 9.93. The van der Waals surface area contributed by atoms with Gasteiger partial charge in [0.1, 0.15) is 5.54 Å². The Morgan fingerprint density at radius 1 is 0.818 bits per heavy atom. The summed E-state index contributed by atoms with van der Waals surface area (Å²) in [6, 6.07) is 4.57. The van der Waals surface area contributed by atoms with Crippen LogP contribution in [0, 0.1) is 10.8 Å². The normalized spacial score (nSPS) is 13.5. The zero-order valence-electron chi connectivity index (χ0n) is 20.5. The van der Waals surface area contributed by atoms with Crippen molar-refractivity contribution in [2.75, 3.05) is 6.79 Å². The lowest BCUT2D eigenvalue weighted by molar-refractivity contribution is -0.170. The number of rotatable bonds is 8. The fourth-order valence-electron chi connectivity index (χ4n) is 2.25. The van der Waals surface area contributed by atoms with Gasteiger partial charge in [0.25, 0.3) is 0 Å². The monoisotopic (exact) mass is 466 g/mol. The molecule has 0 radical (unpaired) electrons. The van der Waals surface area contributed by atoms with E-state index in [1.165, 1.54) is 26.0 Å². The highest BCUT2D eigenvalue weighted by Gasteiger charge is 2.35. The van der Waals surface area contributed by atoms with Crippen LogP contribution in [-0.2, 0) is 35.1 Å². The van der Waals surface area contributed by atoms with Crippen LogP contribution in [0.3, 0.4) is 0 Å². The minimum Gasteiger partial charge on any atom is -0.428 e. The van der Waals surface area contributed by atoms with E-state index in [1.807, 2.05) is 0 Å². The second-order valence-electron chi connectivity index (χ2n) is 9.90. The third kappa shape index (κ3) is 8.47. The van der Waals surface area contributed by atoms with Crippen molar-refractivity contribution in [3.8, 4) is 11.5 Å². The van der Waals surface area contributed by atoms with Gasteiger partial charge in [0.2, 0.25) is 6.79 Å². The van der Waals surface area contributed by atoms with Crippen molar-refractivity contribution in [3.05, 3.63) is 23.8 Å². The number of carbonyl (C=O) groups is 4. The molecule has 0 heterocycles. The largest absolute Gasteiger partial charge is 0.428 e. The van der Waals surface area contributed by atoms with Crippen molar-refractivity contribution in [1.29, 1.82) is 0 Å². The van der Waals surface area contributed by atoms with Gasteiger partial charge in [-0.25, -0.2) is 10.2 Å². The third-order valence-corrected chi connectivity index (χ3v) is 4.42. The molecule has 0 spiro atoms. The summed E-state index contributed by atoms with van der Waals surface area (Å²) in [6.07, 6.45) is 0.0238. The summed E-state index contributed by atoms with van der Waals surface area (Å²) in [7, 11) is 0. The molecule has 1 aromatic rings. The molecule has 0 aliphatic rings. The summed E-state index contributed by atoms with van der Waals surface area (Å²) in [4.78, 5) is 48.2. The van der Waals surface area contributed by atoms with Crippen LogP contribution in [0.4, 0.5) is 0 Å². The van der Waals surface area contributed by atoms with Crippen LogP contribution in [0.2, 0.25) is 0 Å². The highest BCUT2D eigenvalue weighted by Crippen LogP contribution is 2.33. The Morgan fingerprint density at radius 3 is 1.79 bits per heavy atom. The van der Waals surface area contributed by atoms with Gasteiger partial charge in [-0.15, -0.1) is 0 Å². The minimum atomic E-state index is -1.39. The molecule has 1 aromatic carbocycles. The molecule has 33 heavy (non-hydrogen) atoms. The number of hydrazine groups is 1. The number of hydrogen-bond acceptors (Lipinski definition) is 10. The Balaban J connectivity index is 3.24. The molecule has 1 atom stereocenters. The fraction of sp³-hybridized carbons (Fsp3) is 0.565. The van der Waals surface area contributed by atoms with E-state index >= 15 is 0 Å². The topological polar surface area (TPSA) is 143 Å². The van der Waals surface area contributed by atoms with Crippen molar-refractivity contribution in [3.63, 3.8) is 0 Å². The predicted molar refractivity (Wildman–Crippen MR) is 119 cm³/mol. The SMILES string of the molecule is CC(=O)OCOC(=O)[C@](C)(Cc1ccc(OC(=O)C(C)(C)C)c(OC(=O)C(C)(C)C)c1)NN. The molecule has 1 rings (SSSR count). The first-order valence-corrected chi connectivity index (χ1v) is 10.4. The summed E-state index contributed by atoms with van der Waals surface area (Å²) in [5.41, 5.74) is -0.0419. The van der Waals surface area contributed by atoms with E-state index in [-0.39, 0.29) is 17.9 Å². The van der Waals surface area contributed by atoms with Crippen LogP contribution >= 0.6 is 0 Å². The summed E-state index contributed by atoms with van der Waals surface area (Å²) < 4.78 is 20.6. The third-order valence-electron chi connectivity index (χ3n) is 4.42. The molecule has 0 amide bonds. The van der Waals surface area contributed by atoms with Crippen LogP contribution < -0.4 is 20.7 Å². The van der Waals surface area contributed by atoms with Crippen molar-refractivity contribution in [2.45, 2.75) is 67.3 Å². The number of ether oxygens (including phenoxy) is 4. The molecule has 0 aliphatic heterocycles. The average Bonchev–Trinajstić information content (AvgIpc) is 2.67. The molecule has 0 bridgehead atoms. The summed E-state index contributed by atoms with van der Waals surface area (Å²) in [6.45, 7) is 12.3. The molecule has 3 N–H and O–H groups in total. The maximum absolute atomic E-state index is 12.5. The van der Waals surface area contributed by atoms with E-state index in [0.717, 1.165) is 0 Å². The van der Waals surface area contributed by atoms with Crippen LogP contribution in [0.25, 0.3) is 0 Å². The second kappa shape index (κ2) is 10.8. The molecule has 0 aliphatic carbocycles. The number of nitrogens with two attached hydrogens (primary N) is 1. The molecular formula is C23H34N2O8.